The van der Waals surface area contributed by atoms with E-state index < -0.39 is 23.8 Å². The minimum Gasteiger partial charge on any atom is -0.496 e. The average molecular weight is 831 g/mol. The third-order valence-corrected chi connectivity index (χ3v) is 12.8. The minimum atomic E-state index is -0.970. The van der Waals surface area contributed by atoms with Crippen LogP contribution in [-0.4, -0.2) is 128 Å². The summed E-state index contributed by atoms with van der Waals surface area (Å²) >= 11 is 0. The molecule has 3 saturated heterocycles. The summed E-state index contributed by atoms with van der Waals surface area (Å²) in [4.78, 5) is 78.8. The van der Waals surface area contributed by atoms with E-state index in [1.807, 2.05) is 49.5 Å². The lowest BCUT2D eigenvalue weighted by atomic mass is 9.92. The summed E-state index contributed by atoms with van der Waals surface area (Å²) in [5, 5.41) is 3.59. The molecule has 1 atom stereocenters. The number of nitrogens with one attached hydrogen (secondary N) is 1. The van der Waals surface area contributed by atoms with Crippen LogP contribution in [0.3, 0.4) is 0 Å². The van der Waals surface area contributed by atoms with E-state index in [4.69, 9.17) is 9.47 Å². The van der Waals surface area contributed by atoms with Gasteiger partial charge < -0.3 is 28.7 Å². The first-order valence-corrected chi connectivity index (χ1v) is 21.1. The lowest BCUT2D eigenvalue weighted by Gasteiger charge is -2.37. The molecular formula is C46H54N8O7. The number of piperazine rings is 1. The number of aromatic nitrogens is 2. The van der Waals surface area contributed by atoms with E-state index in [9.17, 15) is 24.0 Å². The van der Waals surface area contributed by atoms with Crippen LogP contribution in [0.25, 0.3) is 21.9 Å². The first-order valence-electron chi connectivity index (χ1n) is 21.1. The van der Waals surface area contributed by atoms with Gasteiger partial charge in [-0.05, 0) is 80.1 Å². The van der Waals surface area contributed by atoms with E-state index in [-0.39, 0.29) is 24.3 Å². The van der Waals surface area contributed by atoms with E-state index >= 15 is 0 Å². The molecule has 4 aliphatic heterocycles. The highest BCUT2D eigenvalue weighted by Gasteiger charge is 2.45. The van der Waals surface area contributed by atoms with Crippen molar-refractivity contribution in [3.05, 3.63) is 88.5 Å². The number of hydrogen-bond donors (Lipinski definition) is 1. The number of nitrogens with zero attached hydrogens (tertiary/aromatic N) is 7. The van der Waals surface area contributed by atoms with Gasteiger partial charge in [-0.25, -0.2) is 4.98 Å². The molecule has 320 valence electrons. The highest BCUT2D eigenvalue weighted by Crippen LogP contribution is 2.39. The Morgan fingerprint density at radius 1 is 0.836 bits per heavy atom. The fourth-order valence-corrected chi connectivity index (χ4v) is 9.22. The third kappa shape index (κ3) is 8.23. The maximum absolute atomic E-state index is 13.4. The summed E-state index contributed by atoms with van der Waals surface area (Å²) < 4.78 is 13.7. The van der Waals surface area contributed by atoms with Crippen LogP contribution in [0.4, 0.5) is 11.5 Å². The Labute approximate surface area is 355 Å². The maximum atomic E-state index is 13.4. The molecule has 15 nitrogen and oxygen atoms in total. The van der Waals surface area contributed by atoms with Crippen molar-refractivity contribution in [3.63, 3.8) is 0 Å². The van der Waals surface area contributed by atoms with Crippen molar-refractivity contribution in [3.8, 4) is 22.6 Å². The molecule has 4 amide bonds. The van der Waals surface area contributed by atoms with Crippen molar-refractivity contribution >= 4 is 45.9 Å². The number of methoxy groups -OCH3 is 2. The topological polar surface area (TPSA) is 150 Å². The average Bonchev–Trinajstić information content (AvgIpc) is 3.52. The summed E-state index contributed by atoms with van der Waals surface area (Å²) in [5.41, 5.74) is 4.15. The molecule has 61 heavy (non-hydrogen) atoms. The standard InChI is InChI=1S/C46H54N8O7/c1-6-14-53-28-36(33-25-41(49(2)3)47-26-35(33)44(53)57)30-22-39(60-4)37(40(23-30)61-5)27-51-20-18-50(19-21-51)15-11-29-12-16-52(17-13-29)31-7-8-32-34(24-31)46(59)54(45(32)58)38-9-10-42(55)48-43(38)56/h6-8,22-26,28-29,38H,1,9-21,27H2,2-5H3,(H,48,55,56). The van der Waals surface area contributed by atoms with Crippen molar-refractivity contribution in [1.29, 1.82) is 0 Å². The zero-order chi connectivity index (χ0) is 42.9. The molecule has 2 aromatic heterocycles. The molecule has 0 spiro atoms. The Morgan fingerprint density at radius 3 is 2.18 bits per heavy atom. The number of rotatable bonds is 13. The quantitative estimate of drug-likeness (QED) is 0.152. The number of ether oxygens (including phenoxy) is 2. The van der Waals surface area contributed by atoms with Crippen LogP contribution in [0, 0.1) is 5.92 Å². The van der Waals surface area contributed by atoms with Gasteiger partial charge in [0.2, 0.25) is 11.8 Å². The zero-order valence-electron chi connectivity index (χ0n) is 35.4. The Morgan fingerprint density at radius 2 is 1.52 bits per heavy atom. The fraction of sp³-hybridized carbons (Fsp3) is 0.435. The summed E-state index contributed by atoms with van der Waals surface area (Å²) in [6.07, 6.45) is 8.68. The smallest absolute Gasteiger partial charge is 0.262 e. The highest BCUT2D eigenvalue weighted by atomic mass is 16.5. The summed E-state index contributed by atoms with van der Waals surface area (Å²) in [5.74, 6) is 0.860. The first-order chi connectivity index (χ1) is 29.5. The third-order valence-electron chi connectivity index (χ3n) is 12.8. The number of fused-ring (bicyclic) bond motifs is 2. The molecular weight excluding hydrogens is 777 g/mol. The maximum Gasteiger partial charge on any atom is 0.262 e. The number of amides is 4. The van der Waals surface area contributed by atoms with Crippen molar-refractivity contribution in [1.82, 2.24) is 29.6 Å². The SMILES string of the molecule is C=CCn1cc(-c2cc(OC)c(CN3CCN(CCC4CCN(c5ccc6c(c5)C(=O)N(C5CCC(=O)NC5=O)C6=O)CC4)CC3)c(OC)c2)c2cc(N(C)C)ncc2c1=O. The van der Waals surface area contributed by atoms with Gasteiger partial charge in [0.15, 0.2) is 0 Å². The molecule has 2 aromatic carbocycles. The molecule has 4 aliphatic rings. The molecule has 0 radical (unpaired) electrons. The Bertz CT molecular complexity index is 2420. The number of imide groups is 2. The predicted molar refractivity (Wildman–Crippen MR) is 233 cm³/mol. The first kappa shape index (κ1) is 41.7. The second kappa shape index (κ2) is 17.5. The van der Waals surface area contributed by atoms with Crippen LogP contribution in [0.15, 0.2) is 66.2 Å². The van der Waals surface area contributed by atoms with Crippen LogP contribution in [0.5, 0.6) is 11.5 Å². The molecule has 1 unspecified atom stereocenters. The van der Waals surface area contributed by atoms with Gasteiger partial charge in [0.25, 0.3) is 17.4 Å². The number of benzene rings is 2. The van der Waals surface area contributed by atoms with Crippen LogP contribution < -0.4 is 30.1 Å². The summed E-state index contributed by atoms with van der Waals surface area (Å²) in [7, 11) is 7.22. The lowest BCUT2D eigenvalue weighted by molar-refractivity contribution is -0.136. The summed E-state index contributed by atoms with van der Waals surface area (Å²) in [6, 6.07) is 10.4. The van der Waals surface area contributed by atoms with E-state index in [0.717, 1.165) is 115 Å². The monoisotopic (exact) mass is 830 g/mol. The highest BCUT2D eigenvalue weighted by molar-refractivity contribution is 6.23. The van der Waals surface area contributed by atoms with Gasteiger partial charge in [-0.1, -0.05) is 6.08 Å². The number of carbonyl (C=O) groups excluding carboxylic acids is 4. The Hall–Kier alpha value is -6.06. The van der Waals surface area contributed by atoms with Crippen molar-refractivity contribution in [2.24, 2.45) is 5.92 Å². The van der Waals surface area contributed by atoms with Gasteiger partial charge in [-0.15, -0.1) is 6.58 Å². The van der Waals surface area contributed by atoms with E-state index in [2.05, 4.69) is 31.6 Å². The van der Waals surface area contributed by atoms with Gasteiger partial charge in [0, 0.05) is 102 Å². The van der Waals surface area contributed by atoms with Gasteiger partial charge >= 0.3 is 0 Å². The Kier molecular flexibility index (Phi) is 12.0. The predicted octanol–water partition coefficient (Wildman–Crippen LogP) is 4.16. The molecule has 15 heteroatoms. The second-order valence-electron chi connectivity index (χ2n) is 16.6. The molecule has 4 aromatic rings. The number of allylic oxidation sites excluding steroid dienone is 1. The molecule has 0 saturated carbocycles. The van der Waals surface area contributed by atoms with Crippen LogP contribution in [-0.2, 0) is 22.7 Å². The zero-order valence-corrected chi connectivity index (χ0v) is 35.4. The van der Waals surface area contributed by atoms with Gasteiger partial charge in [0.1, 0.15) is 23.4 Å². The minimum absolute atomic E-state index is 0.0941. The number of pyridine rings is 2. The molecule has 3 fully saturated rings. The fourth-order valence-electron chi connectivity index (χ4n) is 9.22. The van der Waals surface area contributed by atoms with Crippen molar-refractivity contribution in [2.45, 2.75) is 51.2 Å². The molecule has 1 N–H and O–H groups in total. The van der Waals surface area contributed by atoms with Crippen LogP contribution in [0.2, 0.25) is 0 Å². The molecule has 8 rings (SSSR count). The van der Waals surface area contributed by atoms with Gasteiger partial charge in [-0.3, -0.25) is 39.1 Å². The number of anilines is 2. The Balaban J connectivity index is 0.861. The van der Waals surface area contributed by atoms with Crippen LogP contribution >= 0.6 is 0 Å². The number of carbonyl (C=O) groups is 4. The normalized spacial score (nSPS) is 19.0. The second-order valence-corrected chi connectivity index (χ2v) is 16.6. The molecule has 0 aliphatic carbocycles. The summed E-state index contributed by atoms with van der Waals surface area (Å²) in [6.45, 7) is 11.5. The number of hydrogen-bond acceptors (Lipinski definition) is 12. The van der Waals surface area contributed by atoms with Gasteiger partial charge in [0.05, 0.1) is 36.3 Å². The van der Waals surface area contributed by atoms with Gasteiger partial charge in [-0.2, -0.15) is 0 Å². The largest absolute Gasteiger partial charge is 0.496 e. The van der Waals surface area contributed by atoms with Crippen molar-refractivity contribution in [2.75, 3.05) is 83.9 Å². The van der Waals surface area contributed by atoms with Crippen LogP contribution in [0.1, 0.15) is 58.4 Å². The molecule has 0 bridgehead atoms. The van der Waals surface area contributed by atoms with E-state index in [0.29, 0.717) is 35.5 Å². The van der Waals surface area contributed by atoms with Crippen molar-refractivity contribution < 1.29 is 28.7 Å². The van der Waals surface area contributed by atoms with E-state index in [1.165, 1.54) is 0 Å². The molecule has 6 heterocycles. The van der Waals surface area contributed by atoms with E-state index in [1.54, 1.807) is 43.2 Å². The lowest BCUT2D eigenvalue weighted by Crippen LogP contribution is -2.54. The number of piperidine rings is 2.